The summed E-state index contributed by atoms with van der Waals surface area (Å²) < 4.78 is 31.6. The molecule has 2 aromatic carbocycles. The van der Waals surface area contributed by atoms with E-state index >= 15 is 0 Å². The first kappa shape index (κ1) is 21.8. The summed E-state index contributed by atoms with van der Waals surface area (Å²) in [5.74, 6) is -0.761. The lowest BCUT2D eigenvalue weighted by Gasteiger charge is -2.23. The summed E-state index contributed by atoms with van der Waals surface area (Å²) in [4.78, 5) is 15.2. The zero-order valence-electron chi connectivity index (χ0n) is 16.4. The van der Waals surface area contributed by atoms with E-state index in [0.717, 1.165) is 20.6 Å². The number of hydrogen-bond acceptors (Lipinski definition) is 6. The number of aromatic hydroxyl groups is 1. The maximum absolute atomic E-state index is 12.5. The molecule has 0 spiro atoms. The lowest BCUT2D eigenvalue weighted by Crippen LogP contribution is -2.34. The number of carbonyl (C=O) groups is 1. The summed E-state index contributed by atoms with van der Waals surface area (Å²) in [6, 6.07) is 10.2. The molecular weight excluding hydrogens is 476 g/mol. The molecule has 9 nitrogen and oxygen atoms in total. The number of rotatable bonds is 6. The van der Waals surface area contributed by atoms with Crippen molar-refractivity contribution in [3.05, 3.63) is 46.4 Å². The average Bonchev–Trinajstić information content (AvgIpc) is 2.98. The highest BCUT2D eigenvalue weighted by molar-refractivity contribution is 9.10. The van der Waals surface area contributed by atoms with E-state index in [1.54, 1.807) is 43.3 Å². The fraction of sp³-hybridized carbons (Fsp3) is 0.211. The largest absolute Gasteiger partial charge is 0.495 e. The number of amides is 1. The van der Waals surface area contributed by atoms with Crippen molar-refractivity contribution in [2.45, 2.75) is 6.92 Å². The SMILES string of the molecule is COc1ccc(C)cc1N(CC(=O)N=Nc1c(O)[nH]c2ccc(Br)cc12)S(C)(=O)=O. The molecule has 0 fully saturated rings. The molecule has 3 rings (SSSR count). The number of fused-ring (bicyclic) bond motifs is 1. The maximum Gasteiger partial charge on any atom is 0.285 e. The quantitative estimate of drug-likeness (QED) is 0.500. The summed E-state index contributed by atoms with van der Waals surface area (Å²) in [5.41, 5.74) is 1.71. The van der Waals surface area contributed by atoms with E-state index < -0.39 is 22.5 Å². The van der Waals surface area contributed by atoms with Crippen LogP contribution in [-0.2, 0) is 14.8 Å². The van der Waals surface area contributed by atoms with Gasteiger partial charge in [0.25, 0.3) is 5.91 Å². The van der Waals surface area contributed by atoms with Gasteiger partial charge in [-0.3, -0.25) is 9.10 Å². The number of hydrogen-bond donors (Lipinski definition) is 2. The van der Waals surface area contributed by atoms with Gasteiger partial charge >= 0.3 is 0 Å². The first-order chi connectivity index (χ1) is 14.1. The number of H-pyrrole nitrogens is 1. The monoisotopic (exact) mass is 494 g/mol. The normalized spacial score (nSPS) is 11.9. The molecule has 3 aromatic rings. The van der Waals surface area contributed by atoms with Gasteiger partial charge < -0.3 is 14.8 Å². The molecule has 158 valence electrons. The van der Waals surface area contributed by atoms with Crippen LogP contribution in [0.2, 0.25) is 0 Å². The second kappa shape index (κ2) is 8.44. The van der Waals surface area contributed by atoms with E-state index in [2.05, 4.69) is 31.1 Å². The number of azo groups is 1. The number of carbonyl (C=O) groups excluding carboxylic acids is 1. The standard InChI is InChI=1S/C19H19BrN4O5S/c1-11-4-7-16(29-2)15(8-11)24(30(3,27)28)10-17(25)22-23-18-13-9-12(20)5-6-14(13)21-19(18)26/h4-9,21,26H,10H2,1-3H3. The van der Waals surface area contributed by atoms with Gasteiger partial charge in [0, 0.05) is 9.86 Å². The summed E-state index contributed by atoms with van der Waals surface area (Å²) >= 11 is 3.34. The van der Waals surface area contributed by atoms with Crippen molar-refractivity contribution in [2.75, 3.05) is 24.2 Å². The highest BCUT2D eigenvalue weighted by atomic mass is 79.9. The van der Waals surface area contributed by atoms with Crippen LogP contribution in [0.25, 0.3) is 10.9 Å². The van der Waals surface area contributed by atoms with Crippen molar-refractivity contribution in [2.24, 2.45) is 10.2 Å². The summed E-state index contributed by atoms with van der Waals surface area (Å²) in [6.45, 7) is 1.22. The van der Waals surface area contributed by atoms with E-state index in [1.165, 1.54) is 7.11 Å². The Morgan fingerprint density at radius 2 is 2.00 bits per heavy atom. The fourth-order valence-corrected chi connectivity index (χ4v) is 4.08. The average molecular weight is 495 g/mol. The fourth-order valence-electron chi connectivity index (χ4n) is 2.87. The molecule has 30 heavy (non-hydrogen) atoms. The molecule has 0 radical (unpaired) electrons. The van der Waals surface area contributed by atoms with E-state index in [0.29, 0.717) is 16.7 Å². The summed E-state index contributed by atoms with van der Waals surface area (Å²) in [5, 5.41) is 18.1. The van der Waals surface area contributed by atoms with Crippen molar-refractivity contribution in [1.82, 2.24) is 4.98 Å². The number of nitrogens with one attached hydrogen (secondary N) is 1. The third-order valence-corrected chi connectivity index (χ3v) is 5.88. The number of sulfonamides is 1. The second-order valence-electron chi connectivity index (χ2n) is 6.55. The lowest BCUT2D eigenvalue weighted by molar-refractivity contribution is -0.116. The first-order valence-electron chi connectivity index (χ1n) is 8.67. The summed E-state index contributed by atoms with van der Waals surface area (Å²) in [7, 11) is -2.40. The Hall–Kier alpha value is -2.92. The molecule has 0 bridgehead atoms. The third-order valence-electron chi connectivity index (χ3n) is 4.26. The molecule has 1 heterocycles. The number of aromatic amines is 1. The number of benzene rings is 2. The molecule has 0 aliphatic heterocycles. The number of nitrogens with zero attached hydrogens (tertiary/aromatic N) is 3. The van der Waals surface area contributed by atoms with Crippen molar-refractivity contribution in [3.63, 3.8) is 0 Å². The zero-order valence-corrected chi connectivity index (χ0v) is 18.8. The molecule has 0 atom stereocenters. The van der Waals surface area contributed by atoms with Gasteiger partial charge in [0.2, 0.25) is 15.9 Å². The Morgan fingerprint density at radius 1 is 1.27 bits per heavy atom. The minimum atomic E-state index is -3.81. The molecule has 0 saturated carbocycles. The molecule has 2 N–H and O–H groups in total. The van der Waals surface area contributed by atoms with Crippen LogP contribution in [0.4, 0.5) is 11.4 Å². The van der Waals surface area contributed by atoms with Crippen LogP contribution in [0.5, 0.6) is 11.6 Å². The minimum Gasteiger partial charge on any atom is -0.495 e. The van der Waals surface area contributed by atoms with Crippen molar-refractivity contribution >= 4 is 54.1 Å². The molecule has 0 unspecified atom stereocenters. The Kier molecular flexibility index (Phi) is 6.13. The van der Waals surface area contributed by atoms with Gasteiger partial charge in [0.05, 0.1) is 24.6 Å². The molecule has 1 amide bonds. The second-order valence-corrected chi connectivity index (χ2v) is 9.37. The third kappa shape index (κ3) is 4.62. The van der Waals surface area contributed by atoms with Crippen LogP contribution in [0.1, 0.15) is 5.56 Å². The van der Waals surface area contributed by atoms with E-state index in [-0.39, 0.29) is 17.3 Å². The number of anilines is 1. The van der Waals surface area contributed by atoms with Gasteiger partial charge in [-0.1, -0.05) is 22.0 Å². The smallest absolute Gasteiger partial charge is 0.285 e. The highest BCUT2D eigenvalue weighted by Crippen LogP contribution is 2.37. The zero-order chi connectivity index (χ0) is 22.1. The Morgan fingerprint density at radius 3 is 2.67 bits per heavy atom. The number of ether oxygens (including phenoxy) is 1. The number of aromatic nitrogens is 1. The topological polar surface area (TPSA) is 124 Å². The number of aryl methyl sites for hydroxylation is 1. The molecular formula is C19H19BrN4O5S. The molecule has 0 aliphatic rings. The van der Waals surface area contributed by atoms with Crippen LogP contribution in [0.15, 0.2) is 51.1 Å². The van der Waals surface area contributed by atoms with Gasteiger partial charge in [0.1, 0.15) is 12.3 Å². The highest BCUT2D eigenvalue weighted by Gasteiger charge is 2.24. The van der Waals surface area contributed by atoms with Gasteiger partial charge in [-0.15, -0.1) is 10.2 Å². The van der Waals surface area contributed by atoms with Crippen molar-refractivity contribution < 1.29 is 23.1 Å². The van der Waals surface area contributed by atoms with Crippen LogP contribution in [0, 0.1) is 6.92 Å². The van der Waals surface area contributed by atoms with E-state index in [9.17, 15) is 18.3 Å². The number of halogens is 1. The number of methoxy groups -OCH3 is 1. The van der Waals surface area contributed by atoms with E-state index in [1.807, 2.05) is 0 Å². The minimum absolute atomic E-state index is 0.0821. The van der Waals surface area contributed by atoms with Crippen molar-refractivity contribution in [1.29, 1.82) is 0 Å². The van der Waals surface area contributed by atoms with Crippen LogP contribution in [-0.4, -0.2) is 44.3 Å². The van der Waals surface area contributed by atoms with Gasteiger partial charge in [-0.25, -0.2) is 8.42 Å². The molecule has 11 heteroatoms. The van der Waals surface area contributed by atoms with Gasteiger partial charge in [0.15, 0.2) is 5.69 Å². The molecule has 1 aromatic heterocycles. The molecule has 0 saturated heterocycles. The van der Waals surface area contributed by atoms with E-state index in [4.69, 9.17) is 4.74 Å². The van der Waals surface area contributed by atoms with Crippen molar-refractivity contribution in [3.8, 4) is 11.6 Å². The Bertz CT molecular complexity index is 1250. The molecule has 0 aliphatic carbocycles. The predicted octanol–water partition coefficient (Wildman–Crippen LogP) is 4.03. The van der Waals surface area contributed by atoms with Gasteiger partial charge in [-0.2, -0.15) is 0 Å². The van der Waals surface area contributed by atoms with Crippen LogP contribution >= 0.6 is 15.9 Å². The Balaban J connectivity index is 1.93. The predicted molar refractivity (Wildman–Crippen MR) is 117 cm³/mol. The maximum atomic E-state index is 12.5. The first-order valence-corrected chi connectivity index (χ1v) is 11.3. The van der Waals surface area contributed by atoms with Crippen LogP contribution < -0.4 is 9.04 Å². The van der Waals surface area contributed by atoms with Gasteiger partial charge in [-0.05, 0) is 42.8 Å². The Labute approximate surface area is 181 Å². The summed E-state index contributed by atoms with van der Waals surface area (Å²) in [6.07, 6.45) is 0.988. The van der Waals surface area contributed by atoms with Crippen LogP contribution in [0.3, 0.4) is 0 Å². The lowest BCUT2D eigenvalue weighted by atomic mass is 10.2.